The molecule has 3 rings (SSSR count). The van der Waals surface area contributed by atoms with E-state index >= 15 is 0 Å². The molecule has 0 aliphatic rings. The van der Waals surface area contributed by atoms with Crippen LogP contribution < -0.4 is 0 Å². The highest BCUT2D eigenvalue weighted by Crippen LogP contribution is 2.25. The number of nitrogens with zero attached hydrogens (tertiary/aromatic N) is 1. The Hall–Kier alpha value is -1.83. The second kappa shape index (κ2) is 2.58. The number of H-pyrrole nitrogens is 1. The Morgan fingerprint density at radius 2 is 2.07 bits per heavy atom. The summed E-state index contributed by atoms with van der Waals surface area (Å²) in [6.45, 7) is 2.09. The van der Waals surface area contributed by atoms with Crippen LogP contribution >= 0.6 is 0 Å². The average Bonchev–Trinajstić information content (AvgIpc) is 2.61. The Labute approximate surface area is 81.6 Å². The lowest BCUT2D eigenvalue weighted by Crippen LogP contribution is -1.79. The molecule has 0 radical (unpaired) electrons. The summed E-state index contributed by atoms with van der Waals surface area (Å²) in [6.07, 6.45) is 3.92. The first-order chi connectivity index (χ1) is 6.86. The van der Waals surface area contributed by atoms with Gasteiger partial charge in [-0.1, -0.05) is 18.2 Å². The number of fused-ring (bicyclic) bond motifs is 3. The zero-order valence-corrected chi connectivity index (χ0v) is 7.91. The van der Waals surface area contributed by atoms with Crippen molar-refractivity contribution in [2.24, 2.45) is 0 Å². The molecule has 0 spiro atoms. The van der Waals surface area contributed by atoms with Crippen molar-refractivity contribution in [2.45, 2.75) is 6.92 Å². The van der Waals surface area contributed by atoms with Crippen molar-refractivity contribution >= 4 is 21.7 Å². The van der Waals surface area contributed by atoms with Crippen molar-refractivity contribution in [1.29, 1.82) is 0 Å². The molecule has 0 aliphatic heterocycles. The number of nitrogens with one attached hydrogen (secondary N) is 1. The van der Waals surface area contributed by atoms with Gasteiger partial charge in [-0.25, -0.2) is 0 Å². The van der Waals surface area contributed by atoms with Gasteiger partial charge in [-0.05, 0) is 13.0 Å². The minimum Gasteiger partial charge on any atom is -0.364 e. The van der Waals surface area contributed by atoms with Crippen LogP contribution in [0.25, 0.3) is 21.7 Å². The molecule has 0 fully saturated rings. The van der Waals surface area contributed by atoms with E-state index in [1.165, 1.54) is 21.9 Å². The van der Waals surface area contributed by atoms with Gasteiger partial charge < -0.3 is 4.98 Å². The molecule has 0 saturated heterocycles. The fourth-order valence-corrected chi connectivity index (χ4v) is 1.94. The zero-order valence-electron chi connectivity index (χ0n) is 7.91. The zero-order chi connectivity index (χ0) is 9.54. The Morgan fingerprint density at radius 3 is 3.00 bits per heavy atom. The Bertz CT molecular complexity index is 608. The fraction of sp³-hybridized carbons (Fsp3) is 0.0833. The molecule has 0 saturated carbocycles. The molecule has 0 atom stereocenters. The molecule has 2 nitrogen and oxygen atoms in total. The molecule has 0 unspecified atom stereocenters. The first-order valence-corrected chi connectivity index (χ1v) is 4.68. The Balaban J connectivity index is 2.65. The molecule has 2 heteroatoms. The SMILES string of the molecule is Cc1[nH]cc2cnc3ccccc3c12. The van der Waals surface area contributed by atoms with Gasteiger partial charge in [0.25, 0.3) is 0 Å². The van der Waals surface area contributed by atoms with Crippen LogP contribution in [0.1, 0.15) is 5.69 Å². The lowest BCUT2D eigenvalue weighted by atomic mass is 10.1. The predicted molar refractivity (Wildman–Crippen MR) is 58.3 cm³/mol. The van der Waals surface area contributed by atoms with Gasteiger partial charge in [-0.3, -0.25) is 4.98 Å². The van der Waals surface area contributed by atoms with Crippen LogP contribution in [0.3, 0.4) is 0 Å². The number of benzene rings is 1. The Morgan fingerprint density at radius 1 is 1.21 bits per heavy atom. The van der Waals surface area contributed by atoms with Gasteiger partial charge in [0.05, 0.1) is 5.52 Å². The molecule has 0 bridgehead atoms. The lowest BCUT2D eigenvalue weighted by molar-refractivity contribution is 1.28. The highest BCUT2D eigenvalue weighted by molar-refractivity contribution is 6.06. The molecule has 2 aromatic heterocycles. The third-order valence-corrected chi connectivity index (χ3v) is 2.62. The molecular formula is C12H10N2. The van der Waals surface area contributed by atoms with Crippen molar-refractivity contribution < 1.29 is 0 Å². The van der Waals surface area contributed by atoms with Gasteiger partial charge in [0, 0.05) is 34.2 Å². The maximum atomic E-state index is 4.40. The van der Waals surface area contributed by atoms with E-state index in [9.17, 15) is 0 Å². The summed E-state index contributed by atoms with van der Waals surface area (Å²) < 4.78 is 0. The van der Waals surface area contributed by atoms with E-state index in [0.29, 0.717) is 0 Å². The smallest absolute Gasteiger partial charge is 0.0709 e. The Kier molecular flexibility index (Phi) is 1.39. The second-order valence-corrected chi connectivity index (χ2v) is 3.52. The monoisotopic (exact) mass is 182 g/mol. The van der Waals surface area contributed by atoms with Crippen molar-refractivity contribution in [1.82, 2.24) is 9.97 Å². The predicted octanol–water partition coefficient (Wildman–Crippen LogP) is 3.02. The van der Waals surface area contributed by atoms with Crippen molar-refractivity contribution in [3.05, 3.63) is 42.4 Å². The van der Waals surface area contributed by atoms with Crippen LogP contribution in [-0.4, -0.2) is 9.97 Å². The molecule has 1 N–H and O–H groups in total. The lowest BCUT2D eigenvalue weighted by Gasteiger charge is -1.98. The highest BCUT2D eigenvalue weighted by Gasteiger charge is 2.04. The van der Waals surface area contributed by atoms with Crippen LogP contribution in [0, 0.1) is 6.92 Å². The van der Waals surface area contributed by atoms with Crippen LogP contribution in [0.15, 0.2) is 36.7 Å². The van der Waals surface area contributed by atoms with E-state index in [1.807, 2.05) is 24.5 Å². The third-order valence-electron chi connectivity index (χ3n) is 2.62. The minimum atomic E-state index is 1.06. The topological polar surface area (TPSA) is 28.7 Å². The maximum Gasteiger partial charge on any atom is 0.0709 e. The molecular weight excluding hydrogens is 172 g/mol. The number of hydrogen-bond acceptors (Lipinski definition) is 1. The number of aryl methyl sites for hydroxylation is 1. The maximum absolute atomic E-state index is 4.40. The van der Waals surface area contributed by atoms with E-state index < -0.39 is 0 Å². The van der Waals surface area contributed by atoms with Crippen molar-refractivity contribution in [3.63, 3.8) is 0 Å². The summed E-state index contributed by atoms with van der Waals surface area (Å²) in [5, 5.41) is 3.69. The molecule has 0 amide bonds. The summed E-state index contributed by atoms with van der Waals surface area (Å²) in [6, 6.07) is 8.23. The highest BCUT2D eigenvalue weighted by atomic mass is 14.7. The normalized spacial score (nSPS) is 11.2. The molecule has 14 heavy (non-hydrogen) atoms. The van der Waals surface area contributed by atoms with Gasteiger partial charge in [0.1, 0.15) is 0 Å². The number of hydrogen-bond donors (Lipinski definition) is 1. The number of aromatic amines is 1. The first-order valence-electron chi connectivity index (χ1n) is 4.68. The number of pyridine rings is 1. The van der Waals surface area contributed by atoms with Crippen molar-refractivity contribution in [2.75, 3.05) is 0 Å². The van der Waals surface area contributed by atoms with Crippen LogP contribution in [0.4, 0.5) is 0 Å². The molecule has 68 valence electrons. The van der Waals surface area contributed by atoms with Crippen LogP contribution in [0.2, 0.25) is 0 Å². The van der Waals surface area contributed by atoms with Gasteiger partial charge in [0.2, 0.25) is 0 Å². The largest absolute Gasteiger partial charge is 0.364 e. The van der Waals surface area contributed by atoms with Gasteiger partial charge in [-0.15, -0.1) is 0 Å². The van der Waals surface area contributed by atoms with E-state index in [1.54, 1.807) is 0 Å². The van der Waals surface area contributed by atoms with E-state index in [2.05, 4.69) is 29.0 Å². The summed E-state index contributed by atoms with van der Waals surface area (Å²) in [7, 11) is 0. The number of rotatable bonds is 0. The molecule has 3 aromatic rings. The van der Waals surface area contributed by atoms with Gasteiger partial charge >= 0.3 is 0 Å². The van der Waals surface area contributed by atoms with Crippen LogP contribution in [0.5, 0.6) is 0 Å². The molecule has 1 aromatic carbocycles. The number of aromatic nitrogens is 2. The molecule has 2 heterocycles. The van der Waals surface area contributed by atoms with E-state index in [-0.39, 0.29) is 0 Å². The molecule has 0 aliphatic carbocycles. The van der Waals surface area contributed by atoms with Gasteiger partial charge in [-0.2, -0.15) is 0 Å². The van der Waals surface area contributed by atoms with Crippen LogP contribution in [-0.2, 0) is 0 Å². The summed E-state index contributed by atoms with van der Waals surface area (Å²) in [4.78, 5) is 7.63. The van der Waals surface area contributed by atoms with E-state index in [4.69, 9.17) is 0 Å². The summed E-state index contributed by atoms with van der Waals surface area (Å²) >= 11 is 0. The number of para-hydroxylation sites is 1. The van der Waals surface area contributed by atoms with Crippen molar-refractivity contribution in [3.8, 4) is 0 Å². The minimum absolute atomic E-state index is 1.06. The quantitative estimate of drug-likeness (QED) is 0.568. The van der Waals surface area contributed by atoms with E-state index in [0.717, 1.165) is 5.52 Å². The third kappa shape index (κ3) is 0.880. The standard InChI is InChI=1S/C12H10N2/c1-8-12-9(6-13-8)7-14-11-5-3-2-4-10(11)12/h2-7,13H,1H3. The second-order valence-electron chi connectivity index (χ2n) is 3.52. The first kappa shape index (κ1) is 7.56. The fourth-order valence-electron chi connectivity index (χ4n) is 1.94. The summed E-state index contributed by atoms with van der Waals surface area (Å²) in [5.41, 5.74) is 2.27. The average molecular weight is 182 g/mol. The van der Waals surface area contributed by atoms with Gasteiger partial charge in [0.15, 0.2) is 0 Å². The summed E-state index contributed by atoms with van der Waals surface area (Å²) in [5.74, 6) is 0.